The van der Waals surface area contributed by atoms with E-state index in [4.69, 9.17) is 5.73 Å². The summed E-state index contributed by atoms with van der Waals surface area (Å²) in [6.45, 7) is 4.01. The average Bonchev–Trinajstić information content (AvgIpc) is 2.38. The summed E-state index contributed by atoms with van der Waals surface area (Å²) in [5, 5.41) is 19.4. The summed E-state index contributed by atoms with van der Waals surface area (Å²) < 4.78 is 0. The molecule has 0 aromatic carbocycles. The number of carboxylic acid groups (broad SMARTS) is 1. The Hall–Kier alpha value is -0.610. The van der Waals surface area contributed by atoms with Crippen molar-refractivity contribution >= 4 is 5.97 Å². The Morgan fingerprint density at radius 3 is 2.30 bits per heavy atom. The van der Waals surface area contributed by atoms with Crippen molar-refractivity contribution in [2.75, 3.05) is 0 Å². The predicted octanol–water partition coefficient (Wildman–Crippen LogP) is 2.78. The van der Waals surface area contributed by atoms with Crippen molar-refractivity contribution in [3.63, 3.8) is 0 Å². The maximum atomic E-state index is 11.2. The normalized spacial score (nSPS) is 21.6. The lowest BCUT2D eigenvalue weighted by Gasteiger charge is -2.28. The highest BCUT2D eigenvalue weighted by Gasteiger charge is 2.27. The van der Waals surface area contributed by atoms with Gasteiger partial charge in [-0.3, -0.25) is 4.79 Å². The SMILES string of the molecule is CC(C)CC(CC(O)C(N)CC1CCCCC1)C(=O)O. The highest BCUT2D eigenvalue weighted by Crippen LogP contribution is 2.28. The summed E-state index contributed by atoms with van der Waals surface area (Å²) in [6.07, 6.45) is 7.25. The molecule has 20 heavy (non-hydrogen) atoms. The molecule has 0 aliphatic heterocycles. The van der Waals surface area contributed by atoms with Crippen molar-refractivity contribution in [3.8, 4) is 0 Å². The molecule has 0 amide bonds. The predicted molar refractivity (Wildman–Crippen MR) is 80.4 cm³/mol. The van der Waals surface area contributed by atoms with E-state index in [9.17, 15) is 15.0 Å². The Morgan fingerprint density at radius 2 is 1.80 bits per heavy atom. The van der Waals surface area contributed by atoms with Crippen molar-refractivity contribution in [1.29, 1.82) is 0 Å². The molecule has 0 bridgehead atoms. The van der Waals surface area contributed by atoms with E-state index < -0.39 is 18.0 Å². The lowest BCUT2D eigenvalue weighted by Crippen LogP contribution is -2.39. The molecule has 1 saturated carbocycles. The Bertz CT molecular complexity index is 287. The topological polar surface area (TPSA) is 83.5 Å². The van der Waals surface area contributed by atoms with Gasteiger partial charge in [-0.05, 0) is 31.1 Å². The van der Waals surface area contributed by atoms with Gasteiger partial charge < -0.3 is 15.9 Å². The molecule has 0 aromatic rings. The first kappa shape index (κ1) is 17.4. The van der Waals surface area contributed by atoms with E-state index in [1.165, 1.54) is 32.1 Å². The van der Waals surface area contributed by atoms with Crippen LogP contribution in [0.25, 0.3) is 0 Å². The highest BCUT2D eigenvalue weighted by atomic mass is 16.4. The maximum Gasteiger partial charge on any atom is 0.306 e. The van der Waals surface area contributed by atoms with Crippen LogP contribution in [0.3, 0.4) is 0 Å². The largest absolute Gasteiger partial charge is 0.481 e. The van der Waals surface area contributed by atoms with Crippen LogP contribution in [-0.2, 0) is 4.79 Å². The molecule has 118 valence electrons. The molecule has 4 nitrogen and oxygen atoms in total. The molecule has 0 radical (unpaired) electrons. The van der Waals surface area contributed by atoms with E-state index in [0.717, 1.165) is 6.42 Å². The zero-order chi connectivity index (χ0) is 15.1. The number of hydrogen-bond donors (Lipinski definition) is 3. The van der Waals surface area contributed by atoms with Gasteiger partial charge in [-0.2, -0.15) is 0 Å². The maximum absolute atomic E-state index is 11.2. The molecule has 3 atom stereocenters. The van der Waals surface area contributed by atoms with Crippen LogP contribution in [0.5, 0.6) is 0 Å². The third kappa shape index (κ3) is 6.23. The molecule has 1 aliphatic rings. The summed E-state index contributed by atoms with van der Waals surface area (Å²) in [6, 6.07) is -0.285. The molecular weight excluding hydrogens is 254 g/mol. The smallest absolute Gasteiger partial charge is 0.306 e. The van der Waals surface area contributed by atoms with Crippen LogP contribution in [0, 0.1) is 17.8 Å². The molecule has 0 saturated heterocycles. The fraction of sp³-hybridized carbons (Fsp3) is 0.938. The first-order valence-electron chi connectivity index (χ1n) is 8.06. The van der Waals surface area contributed by atoms with E-state index in [0.29, 0.717) is 18.3 Å². The second-order valence-corrected chi connectivity index (χ2v) is 6.87. The summed E-state index contributed by atoms with van der Waals surface area (Å²) >= 11 is 0. The molecule has 0 heterocycles. The minimum Gasteiger partial charge on any atom is -0.481 e. The van der Waals surface area contributed by atoms with Crippen LogP contribution in [0.15, 0.2) is 0 Å². The fourth-order valence-corrected chi connectivity index (χ4v) is 3.30. The number of aliphatic hydroxyl groups excluding tert-OH is 1. The van der Waals surface area contributed by atoms with E-state index in [1.807, 2.05) is 13.8 Å². The second kappa shape index (κ2) is 8.63. The van der Waals surface area contributed by atoms with E-state index in [1.54, 1.807) is 0 Å². The van der Waals surface area contributed by atoms with Crippen molar-refractivity contribution in [2.45, 2.75) is 77.4 Å². The highest BCUT2D eigenvalue weighted by molar-refractivity contribution is 5.70. The van der Waals surface area contributed by atoms with Gasteiger partial charge >= 0.3 is 5.97 Å². The van der Waals surface area contributed by atoms with Gasteiger partial charge in [0.2, 0.25) is 0 Å². The molecule has 0 spiro atoms. The number of aliphatic hydroxyl groups is 1. The van der Waals surface area contributed by atoms with Crippen LogP contribution < -0.4 is 5.73 Å². The molecule has 1 aliphatic carbocycles. The zero-order valence-corrected chi connectivity index (χ0v) is 12.9. The van der Waals surface area contributed by atoms with Crippen molar-refractivity contribution < 1.29 is 15.0 Å². The van der Waals surface area contributed by atoms with Crippen molar-refractivity contribution in [3.05, 3.63) is 0 Å². The van der Waals surface area contributed by atoms with Gasteiger partial charge in [0.1, 0.15) is 0 Å². The second-order valence-electron chi connectivity index (χ2n) is 6.87. The first-order chi connectivity index (χ1) is 9.40. The van der Waals surface area contributed by atoms with Crippen LogP contribution in [0.2, 0.25) is 0 Å². The summed E-state index contributed by atoms with van der Waals surface area (Å²) in [5.74, 6) is -0.371. The van der Waals surface area contributed by atoms with Crippen molar-refractivity contribution in [1.82, 2.24) is 0 Å². The van der Waals surface area contributed by atoms with Crippen LogP contribution >= 0.6 is 0 Å². The molecular formula is C16H31NO3. The summed E-state index contributed by atoms with van der Waals surface area (Å²) in [4.78, 5) is 11.2. The van der Waals surface area contributed by atoms with Crippen LogP contribution in [0.4, 0.5) is 0 Å². The third-order valence-corrected chi connectivity index (χ3v) is 4.46. The van der Waals surface area contributed by atoms with E-state index >= 15 is 0 Å². The van der Waals surface area contributed by atoms with Gasteiger partial charge in [0.05, 0.1) is 12.0 Å². The van der Waals surface area contributed by atoms with Crippen LogP contribution in [-0.4, -0.2) is 28.3 Å². The molecule has 3 unspecified atom stereocenters. The van der Waals surface area contributed by atoms with Crippen LogP contribution in [0.1, 0.15) is 65.2 Å². The first-order valence-corrected chi connectivity index (χ1v) is 8.06. The molecule has 0 aromatic heterocycles. The average molecular weight is 285 g/mol. The number of hydrogen-bond acceptors (Lipinski definition) is 3. The van der Waals surface area contributed by atoms with Gasteiger partial charge in [-0.15, -0.1) is 0 Å². The number of aliphatic carboxylic acids is 1. The molecule has 1 rings (SSSR count). The summed E-state index contributed by atoms with van der Waals surface area (Å²) in [7, 11) is 0. The van der Waals surface area contributed by atoms with Gasteiger partial charge in [-0.1, -0.05) is 46.0 Å². The number of carbonyl (C=O) groups is 1. The number of carboxylic acids is 1. The number of nitrogens with two attached hydrogens (primary N) is 1. The van der Waals surface area contributed by atoms with Gasteiger partial charge in [0.25, 0.3) is 0 Å². The minimum absolute atomic E-state index is 0.279. The fourth-order valence-electron chi connectivity index (χ4n) is 3.30. The Labute approximate surface area is 122 Å². The standard InChI is InChI=1S/C16H31NO3/c1-11(2)8-13(16(19)20)10-15(18)14(17)9-12-6-4-3-5-7-12/h11-15,18H,3-10,17H2,1-2H3,(H,19,20). The lowest BCUT2D eigenvalue weighted by molar-refractivity contribution is -0.143. The lowest BCUT2D eigenvalue weighted by atomic mass is 9.82. The monoisotopic (exact) mass is 285 g/mol. The van der Waals surface area contributed by atoms with Gasteiger partial charge in [0, 0.05) is 6.04 Å². The Morgan fingerprint density at radius 1 is 1.20 bits per heavy atom. The van der Waals surface area contributed by atoms with E-state index in [2.05, 4.69) is 0 Å². The van der Waals surface area contributed by atoms with Gasteiger partial charge in [-0.25, -0.2) is 0 Å². The van der Waals surface area contributed by atoms with E-state index in [-0.39, 0.29) is 12.5 Å². The Kier molecular flexibility index (Phi) is 7.52. The quantitative estimate of drug-likeness (QED) is 0.640. The third-order valence-electron chi connectivity index (χ3n) is 4.46. The molecule has 1 fully saturated rings. The minimum atomic E-state index is -0.817. The molecule has 4 N–H and O–H groups in total. The zero-order valence-electron chi connectivity index (χ0n) is 12.9. The summed E-state index contributed by atoms with van der Waals surface area (Å²) in [5.41, 5.74) is 6.08. The van der Waals surface area contributed by atoms with Crippen molar-refractivity contribution in [2.24, 2.45) is 23.5 Å². The Balaban J connectivity index is 2.41. The molecule has 4 heteroatoms. The van der Waals surface area contributed by atoms with Gasteiger partial charge in [0.15, 0.2) is 0 Å². The number of rotatable bonds is 8.